The fourth-order valence-electron chi connectivity index (χ4n) is 1.65. The molecule has 1 aliphatic rings. The van der Waals surface area contributed by atoms with Crippen molar-refractivity contribution < 1.29 is 22.8 Å². The van der Waals surface area contributed by atoms with Crippen LogP contribution in [0.25, 0.3) is 0 Å². The van der Waals surface area contributed by atoms with Crippen molar-refractivity contribution in [3.8, 4) is 0 Å². The van der Waals surface area contributed by atoms with Gasteiger partial charge in [-0.2, -0.15) is 0 Å². The number of hydrogen-bond donors (Lipinski definition) is 0. The lowest BCUT2D eigenvalue weighted by Gasteiger charge is -2.15. The number of carbonyl (C=O) groups is 2. The van der Waals surface area contributed by atoms with Crippen LogP contribution in [-0.2, 0) is 9.59 Å². The Bertz CT molecular complexity index is 560. The first-order valence-corrected chi connectivity index (χ1v) is 5.05. The highest BCUT2D eigenvalue weighted by Gasteiger charge is 2.35. The smallest absolute Gasteiger partial charge is 0.261 e. The van der Waals surface area contributed by atoms with E-state index in [4.69, 9.17) is 0 Å². The molecule has 2 rings (SSSR count). The summed E-state index contributed by atoms with van der Waals surface area (Å²) in [6.07, 6.45) is 0. The van der Waals surface area contributed by atoms with Crippen molar-refractivity contribution in [1.82, 2.24) is 0 Å². The second kappa shape index (κ2) is 3.97. The molecule has 0 bridgehead atoms. The molecule has 3 nitrogen and oxygen atoms in total. The summed E-state index contributed by atoms with van der Waals surface area (Å²) in [5.41, 5.74) is 0.0767. The second-order valence-electron chi connectivity index (χ2n) is 3.92. The van der Waals surface area contributed by atoms with Gasteiger partial charge in [-0.05, 0) is 13.8 Å². The summed E-state index contributed by atoms with van der Waals surface area (Å²) in [4.78, 5) is 24.1. The highest BCUT2D eigenvalue weighted by Crippen LogP contribution is 2.28. The topological polar surface area (TPSA) is 37.4 Å². The van der Waals surface area contributed by atoms with Gasteiger partial charge in [-0.1, -0.05) is 0 Å². The molecule has 0 N–H and O–H groups in total. The number of halogens is 3. The van der Waals surface area contributed by atoms with Gasteiger partial charge in [0.2, 0.25) is 0 Å². The highest BCUT2D eigenvalue weighted by molar-refractivity contribution is 6.32. The summed E-state index contributed by atoms with van der Waals surface area (Å²) in [5.74, 6) is -5.87. The number of rotatable bonds is 1. The van der Waals surface area contributed by atoms with Crippen LogP contribution in [-0.4, -0.2) is 11.8 Å². The van der Waals surface area contributed by atoms with Gasteiger partial charge in [0, 0.05) is 23.3 Å². The van der Waals surface area contributed by atoms with Gasteiger partial charge >= 0.3 is 0 Å². The first kappa shape index (κ1) is 12.3. The number of hydrogen-bond acceptors (Lipinski definition) is 2. The maximum Gasteiger partial charge on any atom is 0.261 e. The van der Waals surface area contributed by atoms with Gasteiger partial charge in [-0.25, -0.2) is 18.1 Å². The standard InChI is InChI=1S/C12H8F3NO2/c1-5-6(2)12(18)16(11(5)17)7-3-8(13)10(15)9(14)4-7/h3-4H,1-2H3. The molecule has 0 fully saturated rings. The molecule has 18 heavy (non-hydrogen) atoms. The third-order valence-corrected chi connectivity index (χ3v) is 2.84. The Hall–Kier alpha value is -2.11. The molecule has 6 heteroatoms. The number of imide groups is 1. The summed E-state index contributed by atoms with van der Waals surface area (Å²) < 4.78 is 38.9. The van der Waals surface area contributed by atoms with Crippen LogP contribution in [0.15, 0.2) is 23.3 Å². The molecule has 0 spiro atoms. The molecule has 1 heterocycles. The van der Waals surface area contributed by atoms with Crippen LogP contribution >= 0.6 is 0 Å². The Balaban J connectivity index is 2.53. The van der Waals surface area contributed by atoms with Crippen LogP contribution in [0.2, 0.25) is 0 Å². The molecular weight excluding hydrogens is 247 g/mol. The van der Waals surface area contributed by atoms with Crippen molar-refractivity contribution in [2.24, 2.45) is 0 Å². The normalized spacial score (nSPS) is 15.9. The molecule has 94 valence electrons. The van der Waals surface area contributed by atoms with Crippen LogP contribution in [0.3, 0.4) is 0 Å². The minimum atomic E-state index is -1.64. The van der Waals surface area contributed by atoms with E-state index in [1.165, 1.54) is 13.8 Å². The maximum atomic E-state index is 13.1. The minimum Gasteiger partial charge on any atom is -0.269 e. The summed E-state index contributed by atoms with van der Waals surface area (Å²) in [6, 6.07) is 1.22. The molecule has 0 unspecified atom stereocenters. The zero-order valence-electron chi connectivity index (χ0n) is 9.55. The molecule has 0 saturated carbocycles. The second-order valence-corrected chi connectivity index (χ2v) is 3.92. The molecule has 0 atom stereocenters. The van der Waals surface area contributed by atoms with E-state index in [2.05, 4.69) is 0 Å². The van der Waals surface area contributed by atoms with E-state index in [9.17, 15) is 22.8 Å². The van der Waals surface area contributed by atoms with E-state index in [1.54, 1.807) is 0 Å². The average Bonchev–Trinajstić information content (AvgIpc) is 2.50. The molecular formula is C12H8F3NO2. The third-order valence-electron chi connectivity index (χ3n) is 2.84. The van der Waals surface area contributed by atoms with Crippen LogP contribution in [0.5, 0.6) is 0 Å². The van der Waals surface area contributed by atoms with Crippen molar-refractivity contribution in [3.63, 3.8) is 0 Å². The number of anilines is 1. The van der Waals surface area contributed by atoms with Crippen molar-refractivity contribution in [1.29, 1.82) is 0 Å². The molecule has 1 aromatic carbocycles. The van der Waals surface area contributed by atoms with Gasteiger partial charge in [0.05, 0.1) is 5.69 Å². The average molecular weight is 255 g/mol. The van der Waals surface area contributed by atoms with Crippen molar-refractivity contribution >= 4 is 17.5 Å². The number of benzene rings is 1. The SMILES string of the molecule is CC1=C(C)C(=O)N(c2cc(F)c(F)c(F)c2)C1=O. The zero-order valence-corrected chi connectivity index (χ0v) is 9.55. The van der Waals surface area contributed by atoms with E-state index in [0.29, 0.717) is 17.0 Å². The van der Waals surface area contributed by atoms with Gasteiger partial charge in [-0.15, -0.1) is 0 Å². The Morgan fingerprint density at radius 2 is 1.28 bits per heavy atom. The molecule has 0 aromatic heterocycles. The molecule has 0 aliphatic carbocycles. The first-order chi connectivity index (χ1) is 8.34. The predicted molar refractivity (Wildman–Crippen MR) is 57.2 cm³/mol. The minimum absolute atomic E-state index is 0.199. The van der Waals surface area contributed by atoms with E-state index in [0.717, 1.165) is 0 Å². The number of carbonyl (C=O) groups excluding carboxylic acids is 2. The predicted octanol–water partition coefficient (Wildman–Crippen LogP) is 2.31. The van der Waals surface area contributed by atoms with Gasteiger partial charge in [0.15, 0.2) is 17.5 Å². The van der Waals surface area contributed by atoms with E-state index in [1.807, 2.05) is 0 Å². The summed E-state index contributed by atoms with van der Waals surface area (Å²) in [7, 11) is 0. The van der Waals surface area contributed by atoms with E-state index in [-0.39, 0.29) is 16.8 Å². The molecule has 1 aromatic rings. The lowest BCUT2D eigenvalue weighted by atomic mass is 10.2. The monoisotopic (exact) mass is 255 g/mol. The molecule has 2 amide bonds. The number of nitrogens with zero attached hydrogens (tertiary/aromatic N) is 1. The quantitative estimate of drug-likeness (QED) is 0.570. The fraction of sp³-hybridized carbons (Fsp3) is 0.167. The van der Waals surface area contributed by atoms with Gasteiger partial charge in [0.25, 0.3) is 11.8 Å². The Kier molecular flexibility index (Phi) is 2.73. The molecule has 0 radical (unpaired) electrons. The fourth-order valence-corrected chi connectivity index (χ4v) is 1.65. The van der Waals surface area contributed by atoms with Gasteiger partial charge in [0.1, 0.15) is 0 Å². The van der Waals surface area contributed by atoms with Crippen LogP contribution in [0.1, 0.15) is 13.8 Å². The largest absolute Gasteiger partial charge is 0.269 e. The zero-order chi connectivity index (χ0) is 13.6. The van der Waals surface area contributed by atoms with Gasteiger partial charge < -0.3 is 0 Å². The molecule has 1 aliphatic heterocycles. The molecule has 0 saturated heterocycles. The van der Waals surface area contributed by atoms with Crippen LogP contribution < -0.4 is 4.90 Å². The summed E-state index contributed by atoms with van der Waals surface area (Å²) >= 11 is 0. The van der Waals surface area contributed by atoms with Crippen molar-refractivity contribution in [2.45, 2.75) is 13.8 Å². The third kappa shape index (κ3) is 1.61. The summed E-state index contributed by atoms with van der Waals surface area (Å²) in [5, 5.41) is 0. The Morgan fingerprint density at radius 3 is 1.67 bits per heavy atom. The summed E-state index contributed by atoms with van der Waals surface area (Å²) in [6.45, 7) is 2.87. The van der Waals surface area contributed by atoms with Crippen LogP contribution in [0, 0.1) is 17.5 Å². The Morgan fingerprint density at radius 1 is 0.889 bits per heavy atom. The highest BCUT2D eigenvalue weighted by atomic mass is 19.2. The maximum absolute atomic E-state index is 13.1. The van der Waals surface area contributed by atoms with Gasteiger partial charge in [-0.3, -0.25) is 9.59 Å². The lowest BCUT2D eigenvalue weighted by molar-refractivity contribution is -0.120. The first-order valence-electron chi connectivity index (χ1n) is 5.05. The number of amides is 2. The van der Waals surface area contributed by atoms with Crippen LogP contribution in [0.4, 0.5) is 18.9 Å². The van der Waals surface area contributed by atoms with E-state index >= 15 is 0 Å². The Labute approximate surface area is 101 Å². The van der Waals surface area contributed by atoms with Crippen molar-refractivity contribution in [3.05, 3.63) is 40.7 Å². The van der Waals surface area contributed by atoms with Crippen molar-refractivity contribution in [2.75, 3.05) is 4.90 Å². The lowest BCUT2D eigenvalue weighted by Crippen LogP contribution is -2.31. The van der Waals surface area contributed by atoms with E-state index < -0.39 is 29.3 Å².